The van der Waals surface area contributed by atoms with Crippen molar-refractivity contribution in [1.82, 2.24) is 0 Å². The predicted octanol–water partition coefficient (Wildman–Crippen LogP) is 0.928. The Hall–Kier alpha value is -2.21. The van der Waals surface area contributed by atoms with E-state index in [1.165, 1.54) is 0 Å². The van der Waals surface area contributed by atoms with Gasteiger partial charge in [0, 0.05) is 30.9 Å². The van der Waals surface area contributed by atoms with Crippen LogP contribution < -0.4 is 9.47 Å². The summed E-state index contributed by atoms with van der Waals surface area (Å²) in [4.78, 5) is 1.95. The summed E-state index contributed by atoms with van der Waals surface area (Å²) in [6, 6.07) is 12.0. The highest BCUT2D eigenvalue weighted by atomic mass is 16.3. The highest BCUT2D eigenvalue weighted by Crippen LogP contribution is 2.16. The van der Waals surface area contributed by atoms with Crippen LogP contribution in [0, 0.1) is 0 Å². The number of nitrogens with zero attached hydrogens (tertiary/aromatic N) is 2. The van der Waals surface area contributed by atoms with Crippen molar-refractivity contribution < 1.29 is 19.9 Å². The maximum Gasteiger partial charge on any atom is 0.171 e. The summed E-state index contributed by atoms with van der Waals surface area (Å²) in [5.74, 6) is 0. The van der Waals surface area contributed by atoms with E-state index < -0.39 is 0 Å². The Bertz CT molecular complexity index is 618. The first-order valence-electron chi connectivity index (χ1n) is 8.11. The van der Waals surface area contributed by atoms with Crippen LogP contribution in [0.3, 0.4) is 0 Å². The highest BCUT2D eigenvalue weighted by molar-refractivity contribution is 5.70. The lowest BCUT2D eigenvalue weighted by Crippen LogP contribution is -2.34. The van der Waals surface area contributed by atoms with E-state index in [2.05, 4.69) is 0 Å². The Morgan fingerprint density at radius 3 is 1.79 bits per heavy atom. The number of aliphatic hydroxyl groups is 3. The van der Waals surface area contributed by atoms with E-state index in [0.29, 0.717) is 19.6 Å². The molecule has 0 aliphatic carbocycles. The summed E-state index contributed by atoms with van der Waals surface area (Å²) in [6.07, 6.45) is 7.97. The molecule has 0 aliphatic heterocycles. The molecule has 0 unspecified atom stereocenters. The summed E-state index contributed by atoms with van der Waals surface area (Å²) < 4.78 is 1.93. The van der Waals surface area contributed by atoms with Gasteiger partial charge in [-0.3, -0.25) is 0 Å². The van der Waals surface area contributed by atoms with Gasteiger partial charge in [-0.25, -0.2) is 4.57 Å². The number of anilines is 1. The van der Waals surface area contributed by atoms with Crippen molar-refractivity contribution in [3.05, 3.63) is 59.9 Å². The summed E-state index contributed by atoms with van der Waals surface area (Å²) >= 11 is 0. The first-order valence-corrected chi connectivity index (χ1v) is 8.11. The zero-order chi connectivity index (χ0) is 17.2. The van der Waals surface area contributed by atoms with E-state index in [1.807, 2.05) is 70.4 Å². The first-order chi connectivity index (χ1) is 11.8. The van der Waals surface area contributed by atoms with Crippen molar-refractivity contribution in [2.75, 3.05) is 37.8 Å². The van der Waals surface area contributed by atoms with Gasteiger partial charge < -0.3 is 20.2 Å². The first kappa shape index (κ1) is 18.1. The fourth-order valence-corrected chi connectivity index (χ4v) is 2.44. The van der Waals surface area contributed by atoms with Crippen molar-refractivity contribution in [2.45, 2.75) is 6.54 Å². The molecule has 0 saturated heterocycles. The van der Waals surface area contributed by atoms with Gasteiger partial charge in [-0.2, -0.15) is 0 Å². The van der Waals surface area contributed by atoms with E-state index in [4.69, 9.17) is 15.3 Å². The minimum Gasteiger partial charge on any atom is -0.395 e. The van der Waals surface area contributed by atoms with Gasteiger partial charge >= 0.3 is 0 Å². The summed E-state index contributed by atoms with van der Waals surface area (Å²) in [5, 5.41) is 27.1. The molecule has 1 heterocycles. The molecule has 5 nitrogen and oxygen atoms in total. The Balaban J connectivity index is 2.02. The molecule has 0 saturated carbocycles. The second kappa shape index (κ2) is 9.82. The van der Waals surface area contributed by atoms with Gasteiger partial charge in [0.25, 0.3) is 0 Å². The van der Waals surface area contributed by atoms with Gasteiger partial charge in [-0.15, -0.1) is 0 Å². The zero-order valence-electron chi connectivity index (χ0n) is 13.8. The largest absolute Gasteiger partial charge is 0.395 e. The molecule has 2 aromatic rings. The van der Waals surface area contributed by atoms with Gasteiger partial charge in [-0.05, 0) is 23.3 Å². The molecule has 0 bridgehead atoms. The Morgan fingerprint density at radius 2 is 1.29 bits per heavy atom. The Kier molecular flexibility index (Phi) is 7.42. The van der Waals surface area contributed by atoms with E-state index in [0.717, 1.165) is 16.8 Å². The van der Waals surface area contributed by atoms with Gasteiger partial charge in [0.1, 0.15) is 6.61 Å². The van der Waals surface area contributed by atoms with Crippen LogP contribution in [0.1, 0.15) is 11.1 Å². The van der Waals surface area contributed by atoms with Gasteiger partial charge in [0.2, 0.25) is 0 Å². The van der Waals surface area contributed by atoms with Crippen LogP contribution in [0.25, 0.3) is 12.2 Å². The maximum atomic E-state index is 9.09. The standard InChI is InChI=1S/C19H25N2O3/c22-14-11-20-9-7-18(8-10-20)2-1-17-3-5-19(6-4-17)21(12-15-23)13-16-24/h1-10,22-24H,11-16H2/q+1. The van der Waals surface area contributed by atoms with Crippen molar-refractivity contribution in [2.24, 2.45) is 0 Å². The van der Waals surface area contributed by atoms with Crippen molar-refractivity contribution in [3.8, 4) is 0 Å². The number of hydrogen-bond donors (Lipinski definition) is 3. The minimum atomic E-state index is 0.0615. The lowest BCUT2D eigenvalue weighted by atomic mass is 10.1. The molecular formula is C19H25N2O3+. The lowest BCUT2D eigenvalue weighted by molar-refractivity contribution is -0.698. The molecule has 3 N–H and O–H groups in total. The van der Waals surface area contributed by atoms with Crippen LogP contribution in [0.5, 0.6) is 0 Å². The molecule has 0 amide bonds. The van der Waals surface area contributed by atoms with E-state index in [1.54, 1.807) is 0 Å². The van der Waals surface area contributed by atoms with Crippen molar-refractivity contribution in [1.29, 1.82) is 0 Å². The van der Waals surface area contributed by atoms with Crippen molar-refractivity contribution in [3.63, 3.8) is 0 Å². The molecule has 128 valence electrons. The topological polar surface area (TPSA) is 67.8 Å². The highest BCUT2D eigenvalue weighted by Gasteiger charge is 2.04. The zero-order valence-corrected chi connectivity index (χ0v) is 13.8. The second-order valence-corrected chi connectivity index (χ2v) is 5.45. The molecule has 1 aromatic carbocycles. The molecule has 5 heteroatoms. The number of aromatic nitrogens is 1. The fraction of sp³-hybridized carbons (Fsp3) is 0.316. The molecule has 0 spiro atoms. The van der Waals surface area contributed by atoms with E-state index in [9.17, 15) is 0 Å². The SMILES string of the molecule is OCCN(CCO)c1ccc(/C=C/c2cc[n+](CCO)cc2)cc1. The van der Waals surface area contributed by atoms with Crippen LogP contribution >= 0.6 is 0 Å². The monoisotopic (exact) mass is 329 g/mol. The summed E-state index contributed by atoms with van der Waals surface area (Å²) in [7, 11) is 0. The maximum absolute atomic E-state index is 9.09. The molecule has 0 atom stereocenters. The average molecular weight is 329 g/mol. The molecule has 0 fully saturated rings. The van der Waals surface area contributed by atoms with E-state index in [-0.39, 0.29) is 19.8 Å². The normalized spacial score (nSPS) is 11.1. The quantitative estimate of drug-likeness (QED) is 0.599. The molecule has 1 aromatic heterocycles. The van der Waals surface area contributed by atoms with Crippen LogP contribution in [0.15, 0.2) is 48.8 Å². The third-order valence-electron chi connectivity index (χ3n) is 3.74. The van der Waals surface area contributed by atoms with Crippen LogP contribution in [-0.2, 0) is 6.54 Å². The predicted molar refractivity (Wildman–Crippen MR) is 95.5 cm³/mol. The second-order valence-electron chi connectivity index (χ2n) is 5.45. The smallest absolute Gasteiger partial charge is 0.171 e. The van der Waals surface area contributed by atoms with Gasteiger partial charge in [0.05, 0.1) is 13.2 Å². The molecule has 0 aliphatic rings. The summed E-state index contributed by atoms with van der Waals surface area (Å²) in [5.41, 5.74) is 3.16. The number of hydrogen-bond acceptors (Lipinski definition) is 4. The summed E-state index contributed by atoms with van der Waals surface area (Å²) in [6.45, 7) is 1.87. The average Bonchev–Trinajstić information content (AvgIpc) is 2.62. The molecule has 2 rings (SSSR count). The lowest BCUT2D eigenvalue weighted by Gasteiger charge is -2.22. The van der Waals surface area contributed by atoms with Crippen LogP contribution in [0.2, 0.25) is 0 Å². The van der Waals surface area contributed by atoms with Crippen LogP contribution in [-0.4, -0.2) is 48.2 Å². The molecule has 0 radical (unpaired) electrons. The van der Waals surface area contributed by atoms with Crippen LogP contribution in [0.4, 0.5) is 5.69 Å². The number of pyridine rings is 1. The van der Waals surface area contributed by atoms with Gasteiger partial charge in [-0.1, -0.05) is 24.3 Å². The minimum absolute atomic E-state index is 0.0615. The Morgan fingerprint density at radius 1 is 0.750 bits per heavy atom. The number of benzene rings is 1. The third-order valence-corrected chi connectivity index (χ3v) is 3.74. The molecule has 24 heavy (non-hydrogen) atoms. The Labute approximate surface area is 142 Å². The third kappa shape index (κ3) is 5.45. The van der Waals surface area contributed by atoms with Gasteiger partial charge in [0.15, 0.2) is 18.9 Å². The molecular weight excluding hydrogens is 304 g/mol. The van der Waals surface area contributed by atoms with E-state index >= 15 is 0 Å². The van der Waals surface area contributed by atoms with Crippen molar-refractivity contribution >= 4 is 17.8 Å². The fourth-order valence-electron chi connectivity index (χ4n) is 2.44. The number of rotatable bonds is 9. The number of aliphatic hydroxyl groups excluding tert-OH is 3.